The minimum atomic E-state index is -0.393. The number of hydrogen-bond acceptors (Lipinski definition) is 5. The van der Waals surface area contributed by atoms with Crippen molar-refractivity contribution in [3.05, 3.63) is 18.1 Å². The van der Waals surface area contributed by atoms with E-state index in [0.717, 1.165) is 0 Å². The molecule has 0 bridgehead atoms. The molecule has 1 fully saturated rings. The van der Waals surface area contributed by atoms with E-state index in [4.69, 9.17) is 11.0 Å². The number of nitrogens with zero attached hydrogens (tertiary/aromatic N) is 4. The highest BCUT2D eigenvalue weighted by molar-refractivity contribution is 5.85. The first-order chi connectivity index (χ1) is 7.24. The molecular formula is C9H9N5O. The van der Waals surface area contributed by atoms with Gasteiger partial charge in [-0.05, 0) is 6.42 Å². The normalized spacial score (nSPS) is 19.1. The molecule has 1 saturated heterocycles. The molecule has 2 rings (SSSR count). The number of aromatic nitrogens is 2. The Morgan fingerprint density at radius 3 is 2.87 bits per heavy atom. The fourth-order valence-corrected chi connectivity index (χ4v) is 1.56. The van der Waals surface area contributed by atoms with Gasteiger partial charge in [-0.15, -0.1) is 0 Å². The Morgan fingerprint density at radius 1 is 1.60 bits per heavy atom. The fraction of sp³-hybridized carbons (Fsp3) is 0.333. The van der Waals surface area contributed by atoms with E-state index in [9.17, 15) is 4.79 Å². The summed E-state index contributed by atoms with van der Waals surface area (Å²) < 4.78 is 0. The lowest BCUT2D eigenvalue weighted by atomic mass is 10.0. The van der Waals surface area contributed by atoms with Crippen molar-refractivity contribution in [1.82, 2.24) is 9.97 Å². The van der Waals surface area contributed by atoms with E-state index in [1.165, 1.54) is 12.4 Å². The number of carbonyl (C=O) groups is 1. The third-order valence-corrected chi connectivity index (χ3v) is 2.40. The Bertz CT molecular complexity index is 438. The summed E-state index contributed by atoms with van der Waals surface area (Å²) in [6.07, 6.45) is 3.64. The average Bonchev–Trinajstić information content (AvgIpc) is 2.16. The van der Waals surface area contributed by atoms with Crippen molar-refractivity contribution < 1.29 is 4.79 Å². The molecule has 0 aromatic carbocycles. The largest absolute Gasteiger partial charge is 0.368 e. The second-order valence-electron chi connectivity index (χ2n) is 3.24. The van der Waals surface area contributed by atoms with Crippen LogP contribution in [0.3, 0.4) is 0 Å². The predicted molar refractivity (Wildman–Crippen MR) is 51.7 cm³/mol. The summed E-state index contributed by atoms with van der Waals surface area (Å²) in [4.78, 5) is 20.6. The minimum absolute atomic E-state index is 0.225. The van der Waals surface area contributed by atoms with Gasteiger partial charge < -0.3 is 10.6 Å². The zero-order chi connectivity index (χ0) is 10.8. The fourth-order valence-electron chi connectivity index (χ4n) is 1.56. The van der Waals surface area contributed by atoms with Crippen molar-refractivity contribution in [2.45, 2.75) is 12.5 Å². The molecule has 1 aromatic rings. The molecule has 2 N–H and O–H groups in total. The van der Waals surface area contributed by atoms with Crippen molar-refractivity contribution in [1.29, 1.82) is 5.26 Å². The van der Waals surface area contributed by atoms with E-state index in [0.29, 0.717) is 18.8 Å². The summed E-state index contributed by atoms with van der Waals surface area (Å²) >= 11 is 0. The Balaban J connectivity index is 2.31. The number of nitriles is 1. The average molecular weight is 203 g/mol. The van der Waals surface area contributed by atoms with Gasteiger partial charge in [0.25, 0.3) is 0 Å². The van der Waals surface area contributed by atoms with Crippen LogP contribution in [0, 0.1) is 11.3 Å². The molecule has 0 aliphatic carbocycles. The summed E-state index contributed by atoms with van der Waals surface area (Å²) in [7, 11) is 0. The first-order valence-electron chi connectivity index (χ1n) is 4.51. The van der Waals surface area contributed by atoms with Gasteiger partial charge in [0.2, 0.25) is 5.91 Å². The van der Waals surface area contributed by atoms with Gasteiger partial charge in [-0.25, -0.2) is 9.97 Å². The zero-order valence-electron chi connectivity index (χ0n) is 7.92. The van der Waals surface area contributed by atoms with E-state index in [2.05, 4.69) is 9.97 Å². The van der Waals surface area contributed by atoms with Crippen LogP contribution < -0.4 is 10.6 Å². The lowest BCUT2D eigenvalue weighted by Crippen LogP contribution is -2.55. The Labute approximate surface area is 86.3 Å². The van der Waals surface area contributed by atoms with Gasteiger partial charge in [0, 0.05) is 18.9 Å². The third kappa shape index (κ3) is 1.48. The summed E-state index contributed by atoms with van der Waals surface area (Å²) in [6, 6.07) is 1.58. The van der Waals surface area contributed by atoms with Gasteiger partial charge in [-0.2, -0.15) is 5.26 Å². The van der Waals surface area contributed by atoms with E-state index in [1.54, 1.807) is 4.90 Å². The second kappa shape index (κ2) is 3.53. The van der Waals surface area contributed by atoms with Crippen LogP contribution in [0.25, 0.3) is 0 Å². The van der Waals surface area contributed by atoms with Crippen LogP contribution in [0.2, 0.25) is 0 Å². The minimum Gasteiger partial charge on any atom is -0.368 e. The van der Waals surface area contributed by atoms with Crippen molar-refractivity contribution in [3.8, 4) is 6.07 Å². The van der Waals surface area contributed by atoms with Gasteiger partial charge in [-0.1, -0.05) is 0 Å². The summed E-state index contributed by atoms with van der Waals surface area (Å²) in [5.74, 6) is 0.0471. The third-order valence-electron chi connectivity index (χ3n) is 2.40. The molecule has 1 aliphatic heterocycles. The molecule has 76 valence electrons. The number of carbonyl (C=O) groups excluding carboxylic acids is 1. The maximum Gasteiger partial charge on any atom is 0.240 e. The van der Waals surface area contributed by atoms with E-state index in [-0.39, 0.29) is 11.7 Å². The van der Waals surface area contributed by atoms with E-state index in [1.807, 2.05) is 6.07 Å². The summed E-state index contributed by atoms with van der Waals surface area (Å²) in [5.41, 5.74) is 5.43. The van der Waals surface area contributed by atoms with Crippen LogP contribution >= 0.6 is 0 Å². The first-order valence-corrected chi connectivity index (χ1v) is 4.51. The van der Waals surface area contributed by atoms with Crippen molar-refractivity contribution in [2.75, 3.05) is 11.4 Å². The number of nitrogens with two attached hydrogens (primary N) is 1. The van der Waals surface area contributed by atoms with Crippen molar-refractivity contribution >= 4 is 11.7 Å². The Hall–Kier alpha value is -2.16. The maximum absolute atomic E-state index is 11.0. The molecule has 1 aromatic heterocycles. The summed E-state index contributed by atoms with van der Waals surface area (Å²) in [5, 5.41) is 8.82. The van der Waals surface area contributed by atoms with Crippen molar-refractivity contribution in [2.24, 2.45) is 5.73 Å². The lowest BCUT2D eigenvalue weighted by molar-refractivity contribution is -0.120. The van der Waals surface area contributed by atoms with E-state index < -0.39 is 5.91 Å². The molecule has 1 aliphatic rings. The maximum atomic E-state index is 11.0. The van der Waals surface area contributed by atoms with Crippen LogP contribution in [-0.4, -0.2) is 28.5 Å². The van der Waals surface area contributed by atoms with Crippen LogP contribution in [0.4, 0.5) is 5.82 Å². The molecule has 1 atom stereocenters. The lowest BCUT2D eigenvalue weighted by Gasteiger charge is -2.39. The predicted octanol–water partition coefficient (Wildman–Crippen LogP) is -0.588. The number of amides is 1. The highest BCUT2D eigenvalue weighted by Gasteiger charge is 2.35. The topological polar surface area (TPSA) is 95.9 Å². The standard InChI is InChI=1S/C9H9N5O/c10-5-6-9(13-3-2-12-6)14-4-1-7(14)8(11)15/h2-3,7H,1,4H2,(H2,11,15). The van der Waals surface area contributed by atoms with Gasteiger partial charge >= 0.3 is 0 Å². The monoisotopic (exact) mass is 203 g/mol. The number of anilines is 1. The number of hydrogen-bond donors (Lipinski definition) is 1. The molecular weight excluding hydrogens is 194 g/mol. The van der Waals surface area contributed by atoms with Gasteiger partial charge in [0.15, 0.2) is 11.5 Å². The van der Waals surface area contributed by atoms with Gasteiger partial charge in [0.1, 0.15) is 12.1 Å². The number of primary amides is 1. The zero-order valence-corrected chi connectivity index (χ0v) is 7.92. The van der Waals surface area contributed by atoms with Crippen molar-refractivity contribution in [3.63, 3.8) is 0 Å². The number of rotatable bonds is 2. The second-order valence-corrected chi connectivity index (χ2v) is 3.24. The Morgan fingerprint density at radius 2 is 2.33 bits per heavy atom. The molecule has 1 unspecified atom stereocenters. The molecule has 1 amide bonds. The van der Waals surface area contributed by atoms with Gasteiger partial charge in [-0.3, -0.25) is 4.79 Å². The van der Waals surface area contributed by atoms with Crippen LogP contribution in [0.1, 0.15) is 12.1 Å². The molecule has 6 heteroatoms. The molecule has 2 heterocycles. The Kier molecular flexibility index (Phi) is 2.21. The smallest absolute Gasteiger partial charge is 0.240 e. The van der Waals surface area contributed by atoms with Crippen LogP contribution in [0.5, 0.6) is 0 Å². The van der Waals surface area contributed by atoms with Crippen LogP contribution in [0.15, 0.2) is 12.4 Å². The van der Waals surface area contributed by atoms with E-state index >= 15 is 0 Å². The van der Waals surface area contributed by atoms with Crippen LogP contribution in [-0.2, 0) is 4.79 Å². The molecule has 15 heavy (non-hydrogen) atoms. The molecule has 6 nitrogen and oxygen atoms in total. The summed E-state index contributed by atoms with van der Waals surface area (Å²) in [6.45, 7) is 0.682. The SMILES string of the molecule is N#Cc1nccnc1N1CCC1C(N)=O. The highest BCUT2D eigenvalue weighted by Crippen LogP contribution is 2.25. The highest BCUT2D eigenvalue weighted by atomic mass is 16.1. The molecule has 0 spiro atoms. The quantitative estimate of drug-likeness (QED) is 0.693. The first kappa shape index (κ1) is 9.40. The molecule has 0 saturated carbocycles. The van der Waals surface area contributed by atoms with Gasteiger partial charge in [0.05, 0.1) is 0 Å². The molecule has 0 radical (unpaired) electrons.